The summed E-state index contributed by atoms with van der Waals surface area (Å²) >= 11 is 0. The molecule has 3 nitrogen and oxygen atoms in total. The number of fused-ring (bicyclic) bond motifs is 5. The van der Waals surface area contributed by atoms with Gasteiger partial charge in [0.15, 0.2) is 6.29 Å². The van der Waals surface area contributed by atoms with Crippen molar-refractivity contribution in [3.8, 4) is 18.1 Å². The Morgan fingerprint density at radius 1 is 1.29 bits per heavy atom. The molecule has 5 atom stereocenters. The zero-order chi connectivity index (χ0) is 17.1. The van der Waals surface area contributed by atoms with Gasteiger partial charge < -0.3 is 10.2 Å². The van der Waals surface area contributed by atoms with Crippen LogP contribution in [0.25, 0.3) is 0 Å². The highest BCUT2D eigenvalue weighted by Gasteiger charge is 2.61. The number of terminal acetylenes is 1. The summed E-state index contributed by atoms with van der Waals surface area (Å²) in [6.45, 7) is 2.17. The molecule has 0 aliphatic heterocycles. The highest BCUT2D eigenvalue weighted by molar-refractivity contribution is 5.80. The summed E-state index contributed by atoms with van der Waals surface area (Å²) in [5, 5.41) is 20.9. The van der Waals surface area contributed by atoms with E-state index in [0.717, 1.165) is 38.4 Å². The van der Waals surface area contributed by atoms with Crippen molar-refractivity contribution in [3.63, 3.8) is 0 Å². The first-order valence-electron chi connectivity index (χ1n) is 8.94. The minimum atomic E-state index is -0.980. The van der Waals surface area contributed by atoms with E-state index in [1.165, 1.54) is 11.1 Å². The summed E-state index contributed by atoms with van der Waals surface area (Å²) in [5.41, 5.74) is 1.60. The highest BCUT2D eigenvalue weighted by Crippen LogP contribution is 2.64. The quantitative estimate of drug-likeness (QED) is 0.615. The first-order chi connectivity index (χ1) is 11.4. The van der Waals surface area contributed by atoms with E-state index in [1.807, 2.05) is 6.07 Å². The van der Waals surface area contributed by atoms with Crippen molar-refractivity contribution in [3.05, 3.63) is 28.8 Å². The number of aromatic hydroxyl groups is 1. The van der Waals surface area contributed by atoms with Crippen LogP contribution >= 0.6 is 0 Å². The van der Waals surface area contributed by atoms with E-state index < -0.39 is 5.60 Å². The lowest BCUT2D eigenvalue weighted by molar-refractivity contribution is -0.0646. The van der Waals surface area contributed by atoms with E-state index in [0.29, 0.717) is 29.7 Å². The molecule has 2 saturated carbocycles. The lowest BCUT2D eigenvalue weighted by Gasteiger charge is -2.52. The van der Waals surface area contributed by atoms with Crippen LogP contribution in [0.15, 0.2) is 12.1 Å². The van der Waals surface area contributed by atoms with Gasteiger partial charge in [0.05, 0.1) is 5.56 Å². The second-order valence-electron chi connectivity index (χ2n) is 8.14. The van der Waals surface area contributed by atoms with E-state index in [1.54, 1.807) is 6.07 Å². The minimum Gasteiger partial charge on any atom is -0.507 e. The van der Waals surface area contributed by atoms with Crippen LogP contribution in [-0.2, 0) is 6.42 Å². The predicted molar refractivity (Wildman–Crippen MR) is 91.9 cm³/mol. The molecule has 3 heteroatoms. The molecular formula is C21H24O3. The Morgan fingerprint density at radius 3 is 2.79 bits per heavy atom. The zero-order valence-electron chi connectivity index (χ0n) is 14.1. The molecule has 1 aromatic rings. The molecular weight excluding hydrogens is 300 g/mol. The Bertz CT molecular complexity index is 746. The average molecular weight is 324 g/mol. The summed E-state index contributed by atoms with van der Waals surface area (Å²) in [5.74, 6) is 4.13. The standard InChI is InChI=1S/C21H24O3/c1-3-21(24)9-7-18-16-5-4-13-11-19(23)14(12-22)10-17(13)15(16)6-8-20(18,21)2/h1,10-12,15-16,18,23-24H,4-9H2,2H3/t15-,16+,18-,20-,21-/m0/s1. The van der Waals surface area contributed by atoms with Crippen molar-refractivity contribution in [2.45, 2.75) is 57.0 Å². The molecule has 2 fully saturated rings. The molecule has 2 N–H and O–H groups in total. The van der Waals surface area contributed by atoms with Crippen molar-refractivity contribution in [1.82, 2.24) is 0 Å². The summed E-state index contributed by atoms with van der Waals surface area (Å²) < 4.78 is 0. The van der Waals surface area contributed by atoms with Crippen LogP contribution in [0.1, 0.15) is 66.4 Å². The van der Waals surface area contributed by atoms with Gasteiger partial charge in [-0.25, -0.2) is 0 Å². The molecule has 0 heterocycles. The molecule has 0 radical (unpaired) electrons. The van der Waals surface area contributed by atoms with Crippen LogP contribution in [0.2, 0.25) is 0 Å². The molecule has 0 aromatic heterocycles. The predicted octanol–water partition coefficient (Wildman–Crippen LogP) is 3.43. The number of aryl methyl sites for hydroxylation is 1. The van der Waals surface area contributed by atoms with Crippen LogP contribution in [0.5, 0.6) is 5.75 Å². The molecule has 24 heavy (non-hydrogen) atoms. The van der Waals surface area contributed by atoms with Gasteiger partial charge in [-0.2, -0.15) is 0 Å². The number of phenols is 1. The number of carbonyl (C=O) groups excluding carboxylic acids is 1. The third kappa shape index (κ3) is 1.87. The lowest BCUT2D eigenvalue weighted by Crippen LogP contribution is -2.50. The Balaban J connectivity index is 1.74. The molecule has 3 aliphatic carbocycles. The van der Waals surface area contributed by atoms with Gasteiger partial charge in [0.2, 0.25) is 0 Å². The maximum absolute atomic E-state index is 11.2. The maximum Gasteiger partial charge on any atom is 0.153 e. The fraction of sp³-hybridized carbons (Fsp3) is 0.571. The van der Waals surface area contributed by atoms with Crippen LogP contribution in [-0.4, -0.2) is 22.1 Å². The van der Waals surface area contributed by atoms with E-state index in [9.17, 15) is 15.0 Å². The Kier molecular flexibility index (Phi) is 3.34. The van der Waals surface area contributed by atoms with E-state index >= 15 is 0 Å². The van der Waals surface area contributed by atoms with Crippen molar-refractivity contribution in [1.29, 1.82) is 0 Å². The average Bonchev–Trinajstić information content (AvgIpc) is 2.86. The third-order valence-electron chi connectivity index (χ3n) is 7.39. The van der Waals surface area contributed by atoms with Gasteiger partial charge in [0, 0.05) is 5.41 Å². The Morgan fingerprint density at radius 2 is 2.08 bits per heavy atom. The van der Waals surface area contributed by atoms with Crippen molar-refractivity contribution in [2.75, 3.05) is 0 Å². The van der Waals surface area contributed by atoms with E-state index in [-0.39, 0.29) is 11.2 Å². The molecule has 0 saturated heterocycles. The number of hydrogen-bond donors (Lipinski definition) is 2. The second-order valence-corrected chi connectivity index (χ2v) is 8.14. The lowest BCUT2D eigenvalue weighted by atomic mass is 9.53. The van der Waals surface area contributed by atoms with Gasteiger partial charge in [0.1, 0.15) is 11.4 Å². The highest BCUT2D eigenvalue weighted by atomic mass is 16.3. The Labute approximate surface area is 143 Å². The summed E-state index contributed by atoms with van der Waals surface area (Å²) in [6, 6.07) is 3.66. The van der Waals surface area contributed by atoms with Gasteiger partial charge in [0.25, 0.3) is 0 Å². The van der Waals surface area contributed by atoms with E-state index in [2.05, 4.69) is 12.8 Å². The molecule has 0 bridgehead atoms. The number of phenolic OH excluding ortho intramolecular Hbond substituents is 1. The number of hydrogen-bond acceptors (Lipinski definition) is 3. The monoisotopic (exact) mass is 324 g/mol. The van der Waals surface area contributed by atoms with E-state index in [4.69, 9.17) is 6.42 Å². The molecule has 0 amide bonds. The van der Waals surface area contributed by atoms with Crippen LogP contribution in [0, 0.1) is 29.6 Å². The first-order valence-corrected chi connectivity index (χ1v) is 8.94. The SMILES string of the molecule is C#C[C@]1(O)CC[C@H]2[C@@H]3CCc4cc(O)c(C=O)cc4[C@H]3CC[C@@]21C. The summed E-state index contributed by atoms with van der Waals surface area (Å²) in [7, 11) is 0. The zero-order valence-corrected chi connectivity index (χ0v) is 14.1. The number of aldehydes is 1. The van der Waals surface area contributed by atoms with Crippen molar-refractivity contribution >= 4 is 6.29 Å². The normalized spacial score (nSPS) is 40.1. The number of benzene rings is 1. The first kappa shape index (κ1) is 15.7. The van der Waals surface area contributed by atoms with Crippen LogP contribution < -0.4 is 0 Å². The van der Waals surface area contributed by atoms with Gasteiger partial charge in [-0.05, 0) is 79.5 Å². The van der Waals surface area contributed by atoms with Gasteiger partial charge in [-0.3, -0.25) is 4.79 Å². The molecule has 126 valence electrons. The topological polar surface area (TPSA) is 57.5 Å². The molecule has 0 spiro atoms. The summed E-state index contributed by atoms with van der Waals surface area (Å²) in [6.07, 6.45) is 12.0. The third-order valence-corrected chi connectivity index (χ3v) is 7.39. The van der Waals surface area contributed by atoms with Crippen LogP contribution in [0.4, 0.5) is 0 Å². The largest absolute Gasteiger partial charge is 0.507 e. The molecule has 4 rings (SSSR count). The molecule has 1 aromatic carbocycles. The van der Waals surface area contributed by atoms with Crippen molar-refractivity contribution in [2.24, 2.45) is 17.3 Å². The van der Waals surface area contributed by atoms with Gasteiger partial charge in [-0.1, -0.05) is 12.8 Å². The van der Waals surface area contributed by atoms with Crippen LogP contribution in [0.3, 0.4) is 0 Å². The molecule has 0 unspecified atom stereocenters. The van der Waals surface area contributed by atoms with Gasteiger partial charge >= 0.3 is 0 Å². The number of aliphatic hydroxyl groups is 1. The maximum atomic E-state index is 11.2. The van der Waals surface area contributed by atoms with Crippen molar-refractivity contribution < 1.29 is 15.0 Å². The number of rotatable bonds is 1. The smallest absolute Gasteiger partial charge is 0.153 e. The fourth-order valence-electron chi connectivity index (χ4n) is 5.97. The fourth-order valence-corrected chi connectivity index (χ4v) is 5.97. The van der Waals surface area contributed by atoms with Gasteiger partial charge in [-0.15, -0.1) is 6.42 Å². The number of carbonyl (C=O) groups is 1. The molecule has 3 aliphatic rings. The Hall–Kier alpha value is -1.79. The summed E-state index contributed by atoms with van der Waals surface area (Å²) in [4.78, 5) is 11.2. The second kappa shape index (κ2) is 5.10. The minimum absolute atomic E-state index is 0.0884.